The zero-order valence-electron chi connectivity index (χ0n) is 15.7. The van der Waals surface area contributed by atoms with Crippen molar-refractivity contribution in [2.24, 2.45) is 0 Å². The van der Waals surface area contributed by atoms with Gasteiger partial charge in [-0.15, -0.1) is 11.3 Å². The lowest BCUT2D eigenvalue weighted by Gasteiger charge is -2.10. The molecule has 2 amide bonds. The number of aliphatic carboxylic acids is 2. The molecule has 1 aromatic heterocycles. The number of nitrogens with zero attached hydrogens (tertiary/aromatic N) is 2. The number of hydrogen-bond acceptors (Lipinski definition) is 9. The second-order valence-corrected chi connectivity index (χ2v) is 8.88. The van der Waals surface area contributed by atoms with Crippen LogP contribution in [0.5, 0.6) is 0 Å². The molecule has 1 aromatic carbocycles. The molecule has 2 aromatic rings. The number of rotatable bonds is 6. The molecule has 1 saturated heterocycles. The average molecular weight is 509 g/mol. The maximum atomic E-state index is 12.5. The second kappa shape index (κ2) is 9.95. The lowest BCUT2D eigenvalue weighted by molar-refractivity contribution is -0.140. The van der Waals surface area contributed by atoms with E-state index in [1.807, 2.05) is 0 Å². The van der Waals surface area contributed by atoms with Gasteiger partial charge in [0.15, 0.2) is 10.2 Å². The molecule has 14 heteroatoms. The van der Waals surface area contributed by atoms with E-state index in [2.05, 4.69) is 15.6 Å². The number of thiazole rings is 1. The van der Waals surface area contributed by atoms with Crippen LogP contribution in [-0.4, -0.2) is 59.8 Å². The van der Waals surface area contributed by atoms with Gasteiger partial charge in [0.2, 0.25) is 0 Å². The number of benzene rings is 1. The van der Waals surface area contributed by atoms with Crippen molar-refractivity contribution in [1.82, 2.24) is 15.2 Å². The molecule has 0 unspecified atom stereocenters. The Morgan fingerprint density at radius 1 is 1.16 bits per heavy atom. The highest BCUT2D eigenvalue weighted by molar-refractivity contribution is 8.26. The maximum absolute atomic E-state index is 12.5. The third-order valence-electron chi connectivity index (χ3n) is 3.83. The molecule has 0 atom stereocenters. The Morgan fingerprint density at radius 2 is 1.84 bits per heavy atom. The molecule has 2 heterocycles. The third-order valence-corrected chi connectivity index (χ3v) is 6.24. The number of aromatic nitrogens is 1. The Bertz CT molecular complexity index is 1180. The van der Waals surface area contributed by atoms with Gasteiger partial charge in [0, 0.05) is 10.9 Å². The van der Waals surface area contributed by atoms with Crippen LogP contribution in [0.2, 0.25) is 0 Å². The number of carbonyl (C=O) groups excluding carboxylic acids is 2. The van der Waals surface area contributed by atoms with Crippen LogP contribution in [0, 0.1) is 0 Å². The summed E-state index contributed by atoms with van der Waals surface area (Å²) in [6, 6.07) is 8.38. The minimum absolute atomic E-state index is 0.0435. The van der Waals surface area contributed by atoms with E-state index in [0.29, 0.717) is 17.3 Å². The van der Waals surface area contributed by atoms with Gasteiger partial charge in [0.05, 0.1) is 10.6 Å². The Labute approximate surface area is 199 Å². The van der Waals surface area contributed by atoms with Crippen LogP contribution in [0.15, 0.2) is 40.6 Å². The van der Waals surface area contributed by atoms with Crippen molar-refractivity contribution in [3.63, 3.8) is 0 Å². The molecule has 1 aliphatic heterocycles. The molecule has 1 fully saturated rings. The summed E-state index contributed by atoms with van der Waals surface area (Å²) in [6.45, 7) is -0.680. The Kier molecular flexibility index (Phi) is 7.29. The highest BCUT2D eigenvalue weighted by Gasteiger charge is 2.38. The first-order chi connectivity index (χ1) is 15.2. The number of nitrogens with one attached hydrogen (secondary N) is 2. The van der Waals surface area contributed by atoms with Gasteiger partial charge in [-0.25, -0.2) is 9.78 Å². The summed E-state index contributed by atoms with van der Waals surface area (Å²) in [7, 11) is 0. The van der Waals surface area contributed by atoms with Crippen molar-refractivity contribution in [2.75, 3.05) is 11.9 Å². The molecule has 10 nitrogen and oxygen atoms in total. The van der Waals surface area contributed by atoms with Gasteiger partial charge in [-0.2, -0.15) is 0 Å². The summed E-state index contributed by atoms with van der Waals surface area (Å²) < 4.78 is -0.0652. The smallest absolute Gasteiger partial charge is 0.339 e. The number of carbonyl (C=O) groups is 4. The number of carboxylic acid groups (broad SMARTS) is 2. The van der Waals surface area contributed by atoms with E-state index in [1.54, 1.807) is 30.3 Å². The summed E-state index contributed by atoms with van der Waals surface area (Å²) in [6.07, 6.45) is 0. The molecular formula is C18H12N4O6S4. The third kappa shape index (κ3) is 5.34. The van der Waals surface area contributed by atoms with Crippen LogP contribution in [0.4, 0.5) is 5.13 Å². The molecule has 0 spiro atoms. The Balaban J connectivity index is 1.78. The zero-order valence-corrected chi connectivity index (χ0v) is 19.0. The second-order valence-electron chi connectivity index (χ2n) is 5.97. The normalized spacial score (nSPS) is 14.8. The van der Waals surface area contributed by atoms with Gasteiger partial charge < -0.3 is 15.5 Å². The van der Waals surface area contributed by atoms with E-state index in [1.165, 1.54) is 5.38 Å². The monoisotopic (exact) mass is 508 g/mol. The van der Waals surface area contributed by atoms with Crippen molar-refractivity contribution in [2.45, 2.75) is 0 Å². The van der Waals surface area contributed by atoms with Crippen LogP contribution in [0.3, 0.4) is 0 Å². The van der Waals surface area contributed by atoms with Crippen molar-refractivity contribution >= 4 is 91.4 Å². The quantitative estimate of drug-likeness (QED) is 0.335. The number of carboxylic acids is 2. The average Bonchev–Trinajstić information content (AvgIpc) is 3.28. The SMILES string of the molecule is O=C(O)CN1C(=O)C(=C(C(=O)O)c2csc(NC(=S)NC(=O)c3ccccc3)n2)SC1=S. The molecule has 0 radical (unpaired) electrons. The number of thioether (sulfide) groups is 1. The molecule has 0 bridgehead atoms. The minimum Gasteiger partial charge on any atom is -0.480 e. The first-order valence-corrected chi connectivity index (χ1v) is 11.0. The summed E-state index contributed by atoms with van der Waals surface area (Å²) >= 11 is 11.8. The van der Waals surface area contributed by atoms with Crippen molar-refractivity contribution in [1.29, 1.82) is 0 Å². The molecule has 3 rings (SSSR count). The topological polar surface area (TPSA) is 149 Å². The van der Waals surface area contributed by atoms with Gasteiger partial charge in [-0.1, -0.05) is 42.2 Å². The van der Waals surface area contributed by atoms with E-state index in [0.717, 1.165) is 16.2 Å². The number of hydrogen-bond donors (Lipinski definition) is 4. The highest BCUT2D eigenvalue weighted by Crippen LogP contribution is 2.37. The van der Waals surface area contributed by atoms with Crippen molar-refractivity contribution in [3.8, 4) is 0 Å². The van der Waals surface area contributed by atoms with E-state index in [9.17, 15) is 24.3 Å². The maximum Gasteiger partial charge on any atom is 0.339 e. The Hall–Kier alpha value is -3.20. The Morgan fingerprint density at radius 3 is 2.47 bits per heavy atom. The van der Waals surface area contributed by atoms with Crippen molar-refractivity contribution in [3.05, 3.63) is 51.9 Å². The van der Waals surface area contributed by atoms with Gasteiger partial charge in [0.25, 0.3) is 11.8 Å². The molecule has 1 aliphatic rings. The van der Waals surface area contributed by atoms with Gasteiger partial charge in [-0.3, -0.25) is 24.6 Å². The predicted molar refractivity (Wildman–Crippen MR) is 126 cm³/mol. The summed E-state index contributed by atoms with van der Waals surface area (Å²) in [5.41, 5.74) is -0.0650. The highest BCUT2D eigenvalue weighted by atomic mass is 32.2. The zero-order chi connectivity index (χ0) is 23.4. The predicted octanol–water partition coefficient (Wildman–Crippen LogP) is 2.01. The molecule has 0 saturated carbocycles. The van der Waals surface area contributed by atoms with Gasteiger partial charge >= 0.3 is 11.9 Å². The molecule has 0 aliphatic carbocycles. The molecular weight excluding hydrogens is 496 g/mol. The first kappa shape index (κ1) is 23.5. The molecule has 4 N–H and O–H groups in total. The number of amides is 2. The van der Waals surface area contributed by atoms with Crippen LogP contribution in [0.25, 0.3) is 5.57 Å². The molecule has 164 valence electrons. The fourth-order valence-corrected chi connectivity index (χ4v) is 4.76. The minimum atomic E-state index is -1.43. The van der Waals surface area contributed by atoms with E-state index in [4.69, 9.17) is 29.5 Å². The first-order valence-electron chi connectivity index (χ1n) is 8.53. The van der Waals surface area contributed by atoms with E-state index in [-0.39, 0.29) is 25.2 Å². The van der Waals surface area contributed by atoms with E-state index >= 15 is 0 Å². The fraction of sp³-hybridized carbons (Fsp3) is 0.0556. The van der Waals surface area contributed by atoms with E-state index < -0.39 is 35.9 Å². The molecule has 32 heavy (non-hydrogen) atoms. The summed E-state index contributed by atoms with van der Waals surface area (Å²) in [5, 5.41) is 25.3. The standard InChI is InChI=1S/C18H12N4O6S4/c23-10(24)6-22-14(26)12(32-18(22)30)11(15(27)28)9-7-31-17(19-9)21-16(29)20-13(25)8-4-2-1-3-5-8/h1-5,7H,6H2,(H,23,24)(H,27,28)(H2,19,20,21,25,29). The van der Waals surface area contributed by atoms with Crippen LogP contribution >= 0.6 is 47.5 Å². The van der Waals surface area contributed by atoms with Crippen LogP contribution in [-0.2, 0) is 14.4 Å². The summed E-state index contributed by atoms with van der Waals surface area (Å²) in [5.74, 6) is -3.98. The summed E-state index contributed by atoms with van der Waals surface area (Å²) in [4.78, 5) is 52.2. The largest absolute Gasteiger partial charge is 0.480 e. The van der Waals surface area contributed by atoms with Crippen LogP contribution < -0.4 is 10.6 Å². The lowest BCUT2D eigenvalue weighted by Crippen LogP contribution is -2.34. The number of anilines is 1. The lowest BCUT2D eigenvalue weighted by atomic mass is 10.2. The number of thiocarbonyl (C=S) groups is 2. The van der Waals surface area contributed by atoms with Gasteiger partial charge in [0.1, 0.15) is 16.4 Å². The van der Waals surface area contributed by atoms with Gasteiger partial charge in [-0.05, 0) is 24.4 Å². The van der Waals surface area contributed by atoms with Crippen LogP contribution in [0.1, 0.15) is 16.1 Å². The fourth-order valence-electron chi connectivity index (χ4n) is 2.48. The van der Waals surface area contributed by atoms with Crippen molar-refractivity contribution < 1.29 is 29.4 Å².